The van der Waals surface area contributed by atoms with Crippen LogP contribution in [0.4, 0.5) is 5.82 Å². The largest absolute Gasteiger partial charge is 0.383 e. The van der Waals surface area contributed by atoms with E-state index in [4.69, 9.17) is 5.73 Å². The Kier molecular flexibility index (Phi) is 3.58. The summed E-state index contributed by atoms with van der Waals surface area (Å²) in [5.41, 5.74) is 10.2. The Labute approximate surface area is 107 Å². The molecule has 2 aromatic heterocycles. The number of rotatable bonds is 3. The molecule has 94 valence electrons. The zero-order valence-corrected chi connectivity index (χ0v) is 10.9. The Hall–Kier alpha value is -1.94. The van der Waals surface area contributed by atoms with E-state index in [1.807, 2.05) is 33.0 Å². The highest BCUT2D eigenvalue weighted by atomic mass is 14.9. The summed E-state index contributed by atoms with van der Waals surface area (Å²) in [7, 11) is 1.90. The van der Waals surface area contributed by atoms with Crippen molar-refractivity contribution in [3.05, 3.63) is 53.0 Å². The number of pyridine rings is 2. The number of aryl methyl sites for hydroxylation is 2. The summed E-state index contributed by atoms with van der Waals surface area (Å²) in [6.45, 7) is 4.06. The third-order valence-electron chi connectivity index (χ3n) is 3.01. The van der Waals surface area contributed by atoms with Crippen molar-refractivity contribution in [1.29, 1.82) is 0 Å². The van der Waals surface area contributed by atoms with Crippen molar-refractivity contribution in [2.75, 3.05) is 12.8 Å². The number of hydrogen-bond acceptors (Lipinski definition) is 4. The lowest BCUT2D eigenvalue weighted by molar-refractivity contribution is 0.665. The number of nitrogens with zero attached hydrogens (tertiary/aromatic N) is 2. The Morgan fingerprint density at radius 2 is 2.06 bits per heavy atom. The minimum absolute atomic E-state index is 0.0291. The van der Waals surface area contributed by atoms with E-state index in [1.165, 1.54) is 0 Å². The van der Waals surface area contributed by atoms with Crippen LogP contribution < -0.4 is 11.1 Å². The van der Waals surface area contributed by atoms with Crippen molar-refractivity contribution in [1.82, 2.24) is 15.3 Å². The molecule has 0 amide bonds. The molecular weight excluding hydrogens is 224 g/mol. The minimum atomic E-state index is -0.0291. The highest BCUT2D eigenvalue weighted by Crippen LogP contribution is 2.26. The van der Waals surface area contributed by atoms with Crippen molar-refractivity contribution in [3.8, 4) is 0 Å². The number of nitrogen functional groups attached to an aromatic ring is 1. The van der Waals surface area contributed by atoms with Gasteiger partial charge in [0.05, 0.1) is 11.7 Å². The van der Waals surface area contributed by atoms with Crippen LogP contribution >= 0.6 is 0 Å². The molecule has 0 aliphatic rings. The monoisotopic (exact) mass is 242 g/mol. The van der Waals surface area contributed by atoms with Gasteiger partial charge in [-0.05, 0) is 44.2 Å². The molecule has 18 heavy (non-hydrogen) atoms. The Morgan fingerprint density at radius 1 is 1.28 bits per heavy atom. The van der Waals surface area contributed by atoms with Crippen molar-refractivity contribution < 1.29 is 0 Å². The molecule has 0 saturated heterocycles. The van der Waals surface area contributed by atoms with E-state index >= 15 is 0 Å². The number of nitrogens with one attached hydrogen (secondary N) is 1. The normalized spacial score (nSPS) is 12.4. The van der Waals surface area contributed by atoms with E-state index in [1.54, 1.807) is 12.4 Å². The molecule has 3 N–H and O–H groups in total. The fourth-order valence-electron chi connectivity index (χ4n) is 2.07. The van der Waals surface area contributed by atoms with Gasteiger partial charge in [0.2, 0.25) is 0 Å². The van der Waals surface area contributed by atoms with E-state index in [0.717, 1.165) is 22.4 Å². The predicted molar refractivity (Wildman–Crippen MR) is 73.3 cm³/mol. The van der Waals surface area contributed by atoms with Gasteiger partial charge in [-0.25, -0.2) is 4.98 Å². The van der Waals surface area contributed by atoms with Gasteiger partial charge >= 0.3 is 0 Å². The maximum absolute atomic E-state index is 5.97. The lowest BCUT2D eigenvalue weighted by Gasteiger charge is -2.19. The molecule has 0 radical (unpaired) electrons. The summed E-state index contributed by atoms with van der Waals surface area (Å²) >= 11 is 0. The molecule has 1 unspecified atom stereocenters. The van der Waals surface area contributed by atoms with Crippen LogP contribution in [0.1, 0.15) is 28.4 Å². The second-order valence-electron chi connectivity index (χ2n) is 4.41. The molecule has 2 rings (SSSR count). The molecule has 0 saturated carbocycles. The molecule has 2 aromatic rings. The van der Waals surface area contributed by atoms with Crippen LogP contribution in [0.3, 0.4) is 0 Å². The van der Waals surface area contributed by atoms with E-state index in [2.05, 4.69) is 21.4 Å². The zero-order chi connectivity index (χ0) is 13.1. The number of nitrogens with two attached hydrogens (primary N) is 1. The number of hydrogen-bond donors (Lipinski definition) is 2. The predicted octanol–water partition coefficient (Wildman–Crippen LogP) is 1.98. The van der Waals surface area contributed by atoms with Gasteiger partial charge in [-0.2, -0.15) is 0 Å². The van der Waals surface area contributed by atoms with E-state index in [0.29, 0.717) is 5.82 Å². The summed E-state index contributed by atoms with van der Waals surface area (Å²) in [4.78, 5) is 8.66. The lowest BCUT2D eigenvalue weighted by atomic mass is 9.99. The van der Waals surface area contributed by atoms with Crippen LogP contribution in [0.5, 0.6) is 0 Å². The molecule has 0 aromatic carbocycles. The van der Waals surface area contributed by atoms with Crippen LogP contribution in [0.25, 0.3) is 0 Å². The number of aromatic nitrogens is 2. The first kappa shape index (κ1) is 12.5. The molecule has 0 aliphatic carbocycles. The molecule has 4 nitrogen and oxygen atoms in total. The molecule has 1 atom stereocenters. The molecule has 0 spiro atoms. The van der Waals surface area contributed by atoms with Crippen molar-refractivity contribution in [2.24, 2.45) is 0 Å². The van der Waals surface area contributed by atoms with Crippen LogP contribution in [-0.2, 0) is 0 Å². The molecule has 0 aliphatic heterocycles. The van der Waals surface area contributed by atoms with Gasteiger partial charge in [-0.15, -0.1) is 0 Å². The second-order valence-corrected chi connectivity index (χ2v) is 4.41. The standard InChI is InChI=1S/C14H18N4/c1-9-7-11(14(15)18-8-9)13(16-3)12-10(2)5-4-6-17-12/h4-8,13,16H,1-3H3,(H2,15,18). The lowest BCUT2D eigenvalue weighted by Crippen LogP contribution is -2.21. The maximum atomic E-state index is 5.97. The highest BCUT2D eigenvalue weighted by Gasteiger charge is 2.18. The molecule has 2 heterocycles. The van der Waals surface area contributed by atoms with Gasteiger partial charge in [0.15, 0.2) is 0 Å². The summed E-state index contributed by atoms with van der Waals surface area (Å²) < 4.78 is 0. The topological polar surface area (TPSA) is 63.8 Å². The van der Waals surface area contributed by atoms with Gasteiger partial charge in [0, 0.05) is 18.0 Å². The van der Waals surface area contributed by atoms with E-state index < -0.39 is 0 Å². The van der Waals surface area contributed by atoms with Gasteiger partial charge < -0.3 is 11.1 Å². The summed E-state index contributed by atoms with van der Waals surface area (Å²) in [6.07, 6.45) is 3.57. The SMILES string of the molecule is CNC(c1cc(C)cnc1N)c1ncccc1C. The molecule has 0 fully saturated rings. The first-order valence-corrected chi connectivity index (χ1v) is 5.94. The van der Waals surface area contributed by atoms with Crippen molar-refractivity contribution in [3.63, 3.8) is 0 Å². The molecule has 0 bridgehead atoms. The summed E-state index contributed by atoms with van der Waals surface area (Å²) in [5.74, 6) is 0.546. The van der Waals surface area contributed by atoms with Crippen LogP contribution in [-0.4, -0.2) is 17.0 Å². The Morgan fingerprint density at radius 3 is 2.72 bits per heavy atom. The third-order valence-corrected chi connectivity index (χ3v) is 3.01. The first-order chi connectivity index (χ1) is 8.63. The summed E-state index contributed by atoms with van der Waals surface area (Å²) in [5, 5.41) is 3.26. The van der Waals surface area contributed by atoms with Crippen LogP contribution in [0.15, 0.2) is 30.6 Å². The average molecular weight is 242 g/mol. The van der Waals surface area contributed by atoms with Crippen LogP contribution in [0, 0.1) is 13.8 Å². The maximum Gasteiger partial charge on any atom is 0.128 e. The summed E-state index contributed by atoms with van der Waals surface area (Å²) in [6, 6.07) is 6.01. The Bertz CT molecular complexity index is 551. The van der Waals surface area contributed by atoms with Gasteiger partial charge in [0.1, 0.15) is 5.82 Å². The average Bonchev–Trinajstić information content (AvgIpc) is 2.36. The van der Waals surface area contributed by atoms with Crippen molar-refractivity contribution in [2.45, 2.75) is 19.9 Å². The quantitative estimate of drug-likeness (QED) is 0.864. The molecular formula is C14H18N4. The smallest absolute Gasteiger partial charge is 0.128 e. The van der Waals surface area contributed by atoms with E-state index in [9.17, 15) is 0 Å². The second kappa shape index (κ2) is 5.14. The highest BCUT2D eigenvalue weighted by molar-refractivity contribution is 5.47. The number of anilines is 1. The van der Waals surface area contributed by atoms with Gasteiger partial charge in [-0.3, -0.25) is 4.98 Å². The van der Waals surface area contributed by atoms with Crippen molar-refractivity contribution >= 4 is 5.82 Å². The minimum Gasteiger partial charge on any atom is -0.383 e. The fraction of sp³-hybridized carbons (Fsp3) is 0.286. The first-order valence-electron chi connectivity index (χ1n) is 5.94. The third kappa shape index (κ3) is 2.33. The fourth-order valence-corrected chi connectivity index (χ4v) is 2.07. The molecule has 4 heteroatoms. The zero-order valence-electron chi connectivity index (χ0n) is 10.9. The van der Waals surface area contributed by atoms with Gasteiger partial charge in [0.25, 0.3) is 0 Å². The van der Waals surface area contributed by atoms with E-state index in [-0.39, 0.29) is 6.04 Å². The van der Waals surface area contributed by atoms with Gasteiger partial charge in [-0.1, -0.05) is 6.07 Å². The Balaban J connectivity index is 2.52. The van der Waals surface area contributed by atoms with Crippen LogP contribution in [0.2, 0.25) is 0 Å².